The van der Waals surface area contributed by atoms with Crippen LogP contribution in [0.3, 0.4) is 0 Å². The van der Waals surface area contributed by atoms with Crippen molar-refractivity contribution < 1.29 is 14.3 Å². The Balaban J connectivity index is 1.59. The number of aryl methyl sites for hydroxylation is 1. The molecule has 1 saturated heterocycles. The smallest absolute Gasteiger partial charge is 0.226 e. The van der Waals surface area contributed by atoms with Gasteiger partial charge in [0.15, 0.2) is 0 Å². The summed E-state index contributed by atoms with van der Waals surface area (Å²) in [5.74, 6) is 2.37. The number of nitrogens with zero attached hydrogens (tertiary/aromatic N) is 4. The highest BCUT2D eigenvalue weighted by atomic mass is 16.5. The topological polar surface area (TPSA) is 96.5 Å². The third-order valence-corrected chi connectivity index (χ3v) is 6.83. The Kier molecular flexibility index (Phi) is 6.29. The predicted molar refractivity (Wildman–Crippen MR) is 133 cm³/mol. The molecule has 0 saturated carbocycles. The number of piperidine rings is 1. The predicted octanol–water partition coefficient (Wildman–Crippen LogP) is 5.27. The van der Waals surface area contributed by atoms with Gasteiger partial charge in [-0.15, -0.1) is 10.2 Å². The number of nitrogens with one attached hydrogen (secondary N) is 1. The second-order valence-corrected chi connectivity index (χ2v) is 10.3. The molecule has 34 heavy (non-hydrogen) atoms. The van der Waals surface area contributed by atoms with Crippen LogP contribution in [0.1, 0.15) is 53.2 Å². The maximum absolute atomic E-state index is 10.9. The zero-order valence-electron chi connectivity index (χ0n) is 21.1. The van der Waals surface area contributed by atoms with Crippen molar-refractivity contribution in [1.82, 2.24) is 20.1 Å². The maximum Gasteiger partial charge on any atom is 0.226 e. The van der Waals surface area contributed by atoms with Crippen LogP contribution in [0.4, 0.5) is 5.82 Å². The van der Waals surface area contributed by atoms with Gasteiger partial charge in [0.25, 0.3) is 0 Å². The van der Waals surface area contributed by atoms with Crippen molar-refractivity contribution in [2.45, 2.75) is 71.5 Å². The third-order valence-electron chi connectivity index (χ3n) is 6.83. The van der Waals surface area contributed by atoms with Crippen molar-refractivity contribution in [3.63, 3.8) is 0 Å². The molecule has 0 spiro atoms. The minimum atomic E-state index is 0.0330. The van der Waals surface area contributed by atoms with E-state index >= 15 is 0 Å². The van der Waals surface area contributed by atoms with Gasteiger partial charge in [-0.2, -0.15) is 0 Å². The molecule has 1 aliphatic rings. The maximum atomic E-state index is 10.9. The van der Waals surface area contributed by atoms with Gasteiger partial charge in [0.1, 0.15) is 28.8 Å². The number of aromatic nitrogens is 3. The normalized spacial score (nSPS) is 18.1. The lowest BCUT2D eigenvalue weighted by molar-refractivity contribution is -0.00773. The molecule has 2 N–H and O–H groups in total. The van der Waals surface area contributed by atoms with Crippen LogP contribution in [0.2, 0.25) is 0 Å². The molecule has 8 heteroatoms. The monoisotopic (exact) mass is 465 g/mol. The molecular weight excluding hydrogens is 430 g/mol. The summed E-state index contributed by atoms with van der Waals surface area (Å²) in [6.45, 7) is 13.3. The van der Waals surface area contributed by atoms with Gasteiger partial charge < -0.3 is 19.6 Å². The molecule has 0 bridgehead atoms. The molecule has 8 nitrogen and oxygen atoms in total. The van der Waals surface area contributed by atoms with E-state index in [9.17, 15) is 5.11 Å². The van der Waals surface area contributed by atoms with Gasteiger partial charge in [-0.25, -0.2) is 4.98 Å². The zero-order chi connectivity index (χ0) is 24.7. The van der Waals surface area contributed by atoms with E-state index in [0.29, 0.717) is 46.6 Å². The van der Waals surface area contributed by atoms with Crippen LogP contribution in [0.15, 0.2) is 34.9 Å². The lowest BCUT2D eigenvalue weighted by Gasteiger charge is -2.53. The number of hydrogen-bond acceptors (Lipinski definition) is 8. The number of hydrogen-bond donors (Lipinski definition) is 2. The van der Waals surface area contributed by atoms with Crippen LogP contribution in [0, 0.1) is 6.92 Å². The Morgan fingerprint density at radius 2 is 1.85 bits per heavy atom. The number of phenols is 1. The van der Waals surface area contributed by atoms with Gasteiger partial charge in [0.05, 0.1) is 18.4 Å². The van der Waals surface area contributed by atoms with Gasteiger partial charge in [-0.1, -0.05) is 0 Å². The van der Waals surface area contributed by atoms with Crippen molar-refractivity contribution in [2.75, 3.05) is 19.0 Å². The first-order chi connectivity index (χ1) is 16.0. The molecule has 1 aliphatic heterocycles. The molecule has 1 aromatic carbocycles. The Morgan fingerprint density at radius 1 is 1.15 bits per heavy atom. The summed E-state index contributed by atoms with van der Waals surface area (Å²) in [5, 5.41) is 23.2. The number of phenolic OH excluding ortho intramolecular Hbond substituents is 1. The highest BCUT2D eigenvalue weighted by molar-refractivity contribution is 5.78. The first kappa shape index (κ1) is 24.0. The fraction of sp³-hybridized carbons (Fsp3) is 0.500. The van der Waals surface area contributed by atoms with Crippen LogP contribution in [0.5, 0.6) is 11.5 Å². The molecule has 0 unspecified atom stereocenters. The lowest BCUT2D eigenvalue weighted by Crippen LogP contribution is -2.61. The van der Waals surface area contributed by atoms with E-state index in [-0.39, 0.29) is 22.9 Å². The summed E-state index contributed by atoms with van der Waals surface area (Å²) in [7, 11) is 2.20. The SMILES string of the molecule is CCOc1cc(-c2ncc(C)o2)cc(O)c1-c1ccc(NC2CC(C)(C)N(C)C(C)(C)C2)nn1. The fourth-order valence-corrected chi connectivity index (χ4v) is 4.96. The lowest BCUT2D eigenvalue weighted by atomic mass is 9.77. The van der Waals surface area contributed by atoms with Crippen molar-refractivity contribution in [3.8, 4) is 34.2 Å². The number of rotatable bonds is 6. The molecule has 4 rings (SSSR count). The van der Waals surface area contributed by atoms with Crippen molar-refractivity contribution in [1.29, 1.82) is 0 Å². The Hall–Kier alpha value is -3.13. The minimum Gasteiger partial charge on any atom is -0.507 e. The molecular formula is C26H35N5O3. The minimum absolute atomic E-state index is 0.0330. The van der Waals surface area contributed by atoms with Gasteiger partial charge in [-0.05, 0) is 85.7 Å². The summed E-state index contributed by atoms with van der Waals surface area (Å²) >= 11 is 0. The molecule has 0 radical (unpaired) electrons. The van der Waals surface area contributed by atoms with Crippen molar-refractivity contribution in [3.05, 3.63) is 36.2 Å². The second-order valence-electron chi connectivity index (χ2n) is 10.3. The number of oxazole rings is 1. The van der Waals surface area contributed by atoms with Crippen molar-refractivity contribution >= 4 is 5.82 Å². The van der Waals surface area contributed by atoms with Gasteiger partial charge in [-0.3, -0.25) is 4.90 Å². The van der Waals surface area contributed by atoms with E-state index < -0.39 is 0 Å². The largest absolute Gasteiger partial charge is 0.507 e. The van der Waals surface area contributed by atoms with Crippen LogP contribution >= 0.6 is 0 Å². The quantitative estimate of drug-likeness (QED) is 0.508. The number of ether oxygens (including phenoxy) is 1. The summed E-state index contributed by atoms with van der Waals surface area (Å²) < 4.78 is 11.4. The van der Waals surface area contributed by atoms with Gasteiger partial charge in [0, 0.05) is 22.7 Å². The molecule has 2 aromatic heterocycles. The van der Waals surface area contributed by atoms with E-state index in [2.05, 4.69) is 60.1 Å². The van der Waals surface area contributed by atoms with Crippen LogP contribution in [0.25, 0.3) is 22.7 Å². The average Bonchev–Trinajstić information content (AvgIpc) is 3.19. The summed E-state index contributed by atoms with van der Waals surface area (Å²) in [4.78, 5) is 6.70. The molecule has 1 fully saturated rings. The molecule has 182 valence electrons. The van der Waals surface area contributed by atoms with Crippen LogP contribution in [-0.4, -0.2) is 56.0 Å². The van der Waals surface area contributed by atoms with E-state index in [1.807, 2.05) is 26.0 Å². The number of benzene rings is 1. The van der Waals surface area contributed by atoms with Gasteiger partial charge in [0.2, 0.25) is 5.89 Å². The van der Waals surface area contributed by atoms with E-state index in [1.165, 1.54) is 0 Å². The standard InChI is InChI=1S/C26H35N5O3/c1-8-33-21-12-17(24-27-15-16(2)34-24)11-20(32)23(21)19-9-10-22(30-29-19)28-18-13-25(3,4)31(7)26(5,6)14-18/h9-12,15,18,32H,8,13-14H2,1-7H3,(H,28,30). The highest BCUT2D eigenvalue weighted by Crippen LogP contribution is 2.41. The number of anilines is 1. The van der Waals surface area contributed by atoms with Gasteiger partial charge >= 0.3 is 0 Å². The Morgan fingerprint density at radius 3 is 2.41 bits per heavy atom. The highest BCUT2D eigenvalue weighted by Gasteiger charge is 2.43. The fourth-order valence-electron chi connectivity index (χ4n) is 4.96. The summed E-state index contributed by atoms with van der Waals surface area (Å²) in [6, 6.07) is 7.46. The Labute approximate surface area is 201 Å². The second kappa shape index (κ2) is 8.91. The third kappa shape index (κ3) is 4.73. The van der Waals surface area contributed by atoms with E-state index in [1.54, 1.807) is 18.3 Å². The molecule has 0 aliphatic carbocycles. The average molecular weight is 466 g/mol. The Bertz CT molecular complexity index is 1140. The molecule has 0 amide bonds. The van der Waals surface area contributed by atoms with E-state index in [0.717, 1.165) is 12.8 Å². The first-order valence-electron chi connectivity index (χ1n) is 11.8. The first-order valence-corrected chi connectivity index (χ1v) is 11.8. The number of likely N-dealkylation sites (tertiary alicyclic amines) is 1. The summed E-state index contributed by atoms with van der Waals surface area (Å²) in [6.07, 6.45) is 3.66. The molecule has 0 atom stereocenters. The molecule has 3 heterocycles. The van der Waals surface area contributed by atoms with E-state index in [4.69, 9.17) is 9.15 Å². The van der Waals surface area contributed by atoms with Crippen LogP contribution in [-0.2, 0) is 0 Å². The summed E-state index contributed by atoms with van der Waals surface area (Å²) in [5.41, 5.74) is 1.82. The molecule has 3 aromatic rings. The van der Waals surface area contributed by atoms with Crippen LogP contribution < -0.4 is 10.1 Å². The zero-order valence-corrected chi connectivity index (χ0v) is 21.1. The van der Waals surface area contributed by atoms with Crippen molar-refractivity contribution in [2.24, 2.45) is 0 Å². The number of aromatic hydroxyl groups is 1.